The van der Waals surface area contributed by atoms with Gasteiger partial charge >= 0.3 is 0 Å². The van der Waals surface area contributed by atoms with Crippen molar-refractivity contribution in [3.8, 4) is 0 Å². The number of ether oxygens (including phenoxy) is 1. The molecule has 1 fully saturated rings. The summed E-state index contributed by atoms with van der Waals surface area (Å²) in [6, 6.07) is 2.11. The molecule has 0 amide bonds. The van der Waals surface area contributed by atoms with E-state index in [2.05, 4.69) is 16.8 Å². The second-order valence-corrected chi connectivity index (χ2v) is 3.94. The fraction of sp³-hybridized carbons (Fsp3) is 0.545. The van der Waals surface area contributed by atoms with Gasteiger partial charge in [-0.1, -0.05) is 0 Å². The van der Waals surface area contributed by atoms with Crippen LogP contribution in [0.3, 0.4) is 0 Å². The summed E-state index contributed by atoms with van der Waals surface area (Å²) < 4.78 is 5.41. The summed E-state index contributed by atoms with van der Waals surface area (Å²) in [5.74, 6) is 0. The summed E-state index contributed by atoms with van der Waals surface area (Å²) in [5, 5.41) is 0. The van der Waals surface area contributed by atoms with Crippen molar-refractivity contribution in [2.45, 2.75) is 13.0 Å². The Balaban J connectivity index is 2.18. The molecule has 4 nitrogen and oxygen atoms in total. The number of hydrogen-bond acceptors (Lipinski definition) is 4. The van der Waals surface area contributed by atoms with Crippen LogP contribution in [0.5, 0.6) is 0 Å². The van der Waals surface area contributed by atoms with E-state index < -0.39 is 0 Å². The highest BCUT2D eigenvalue weighted by atomic mass is 16.5. The first-order valence-corrected chi connectivity index (χ1v) is 5.26. The average Bonchev–Trinajstić information content (AvgIpc) is 2.43. The van der Waals surface area contributed by atoms with Crippen molar-refractivity contribution in [2.24, 2.45) is 5.73 Å². The number of nitrogens with zero attached hydrogens (tertiary/aromatic N) is 2. The van der Waals surface area contributed by atoms with Gasteiger partial charge in [-0.3, -0.25) is 4.98 Å². The molecule has 1 aromatic heterocycles. The summed E-state index contributed by atoms with van der Waals surface area (Å²) in [4.78, 5) is 6.40. The molecule has 0 bridgehead atoms. The predicted molar refractivity (Wildman–Crippen MR) is 60.0 cm³/mol. The van der Waals surface area contributed by atoms with E-state index in [1.807, 2.05) is 18.5 Å². The summed E-state index contributed by atoms with van der Waals surface area (Å²) in [7, 11) is 0. The Bertz CT molecular complexity index is 329. The molecule has 2 heterocycles. The van der Waals surface area contributed by atoms with Gasteiger partial charge in [0, 0.05) is 25.3 Å². The van der Waals surface area contributed by atoms with Crippen LogP contribution in [0.25, 0.3) is 0 Å². The quantitative estimate of drug-likeness (QED) is 0.731. The summed E-state index contributed by atoms with van der Waals surface area (Å²) in [5.41, 5.74) is 8.33. The Morgan fingerprint density at radius 2 is 2.47 bits per heavy atom. The Hall–Kier alpha value is -1.13. The molecule has 0 spiro atoms. The topological polar surface area (TPSA) is 51.4 Å². The molecule has 1 atom stereocenters. The summed E-state index contributed by atoms with van der Waals surface area (Å²) in [6.07, 6.45) is 3.71. The monoisotopic (exact) mass is 207 g/mol. The van der Waals surface area contributed by atoms with Crippen molar-refractivity contribution in [3.05, 3.63) is 24.0 Å². The molecule has 15 heavy (non-hydrogen) atoms. The second-order valence-electron chi connectivity index (χ2n) is 3.94. The molecule has 0 aromatic carbocycles. The molecular weight excluding hydrogens is 190 g/mol. The third-order valence-electron chi connectivity index (χ3n) is 2.64. The van der Waals surface area contributed by atoms with E-state index in [1.165, 1.54) is 11.3 Å². The molecular formula is C11H17N3O. The average molecular weight is 207 g/mol. The normalized spacial score (nSPS) is 22.5. The maximum Gasteiger partial charge on any atom is 0.0642 e. The lowest BCUT2D eigenvalue weighted by molar-refractivity contribution is 0.142. The predicted octanol–water partition coefficient (Wildman–Crippen LogP) is 0.554. The van der Waals surface area contributed by atoms with E-state index in [9.17, 15) is 0 Å². The first kappa shape index (κ1) is 10.4. The number of rotatable bonds is 1. The molecule has 2 N–H and O–H groups in total. The van der Waals surface area contributed by atoms with Gasteiger partial charge in [-0.2, -0.15) is 0 Å². The van der Waals surface area contributed by atoms with Gasteiger partial charge in [-0.05, 0) is 18.6 Å². The highest BCUT2D eigenvalue weighted by Gasteiger charge is 2.16. The van der Waals surface area contributed by atoms with E-state index in [4.69, 9.17) is 10.5 Å². The smallest absolute Gasteiger partial charge is 0.0642 e. The molecule has 1 saturated heterocycles. The first-order valence-electron chi connectivity index (χ1n) is 5.26. The highest BCUT2D eigenvalue weighted by Crippen LogP contribution is 2.18. The number of aryl methyl sites for hydroxylation is 1. The lowest BCUT2D eigenvalue weighted by Gasteiger charge is -2.25. The second kappa shape index (κ2) is 4.59. The Morgan fingerprint density at radius 3 is 3.27 bits per heavy atom. The van der Waals surface area contributed by atoms with Crippen LogP contribution >= 0.6 is 0 Å². The van der Waals surface area contributed by atoms with Gasteiger partial charge in [0.2, 0.25) is 0 Å². The molecule has 0 aliphatic carbocycles. The molecule has 0 radical (unpaired) electrons. The van der Waals surface area contributed by atoms with Gasteiger partial charge in [0.1, 0.15) is 0 Å². The van der Waals surface area contributed by atoms with Crippen LogP contribution in [0.15, 0.2) is 18.5 Å². The van der Waals surface area contributed by atoms with Crippen LogP contribution in [-0.2, 0) is 4.74 Å². The number of nitrogens with two attached hydrogens (primary N) is 1. The summed E-state index contributed by atoms with van der Waals surface area (Å²) in [6.45, 7) is 5.21. The van der Waals surface area contributed by atoms with Crippen molar-refractivity contribution in [3.63, 3.8) is 0 Å². The molecule has 0 saturated carbocycles. The molecule has 1 unspecified atom stereocenters. The minimum absolute atomic E-state index is 0.0899. The van der Waals surface area contributed by atoms with Crippen LogP contribution < -0.4 is 10.6 Å². The Labute approximate surface area is 90.0 Å². The van der Waals surface area contributed by atoms with Crippen LogP contribution in [0.2, 0.25) is 0 Å². The van der Waals surface area contributed by atoms with Gasteiger partial charge in [-0.15, -0.1) is 0 Å². The number of anilines is 1. The minimum Gasteiger partial charge on any atom is -0.378 e. The van der Waals surface area contributed by atoms with Crippen molar-refractivity contribution < 1.29 is 4.74 Å². The van der Waals surface area contributed by atoms with Gasteiger partial charge in [0.15, 0.2) is 0 Å². The van der Waals surface area contributed by atoms with Crippen LogP contribution in [0, 0.1) is 6.92 Å². The molecule has 82 valence electrons. The summed E-state index contributed by atoms with van der Waals surface area (Å²) >= 11 is 0. The van der Waals surface area contributed by atoms with Crippen molar-refractivity contribution in [1.82, 2.24) is 4.98 Å². The minimum atomic E-state index is 0.0899. The lowest BCUT2D eigenvalue weighted by Crippen LogP contribution is -2.38. The van der Waals surface area contributed by atoms with Gasteiger partial charge in [0.25, 0.3) is 0 Å². The number of pyridine rings is 1. The van der Waals surface area contributed by atoms with Crippen molar-refractivity contribution >= 4 is 5.69 Å². The van der Waals surface area contributed by atoms with E-state index in [0.717, 1.165) is 19.7 Å². The molecule has 1 aliphatic heterocycles. The number of hydrogen-bond donors (Lipinski definition) is 1. The van der Waals surface area contributed by atoms with E-state index in [0.29, 0.717) is 6.61 Å². The maximum atomic E-state index is 5.93. The van der Waals surface area contributed by atoms with E-state index >= 15 is 0 Å². The third kappa shape index (κ3) is 2.46. The zero-order valence-corrected chi connectivity index (χ0v) is 9.02. The molecule has 1 aliphatic rings. The molecule has 1 aromatic rings. The van der Waals surface area contributed by atoms with Crippen molar-refractivity contribution in [1.29, 1.82) is 0 Å². The zero-order valence-electron chi connectivity index (χ0n) is 9.02. The van der Waals surface area contributed by atoms with Crippen LogP contribution in [0.4, 0.5) is 5.69 Å². The Kier molecular flexibility index (Phi) is 3.18. The van der Waals surface area contributed by atoms with Crippen LogP contribution in [0.1, 0.15) is 5.56 Å². The Morgan fingerprint density at radius 1 is 1.60 bits per heavy atom. The van der Waals surface area contributed by atoms with Gasteiger partial charge in [-0.25, -0.2) is 0 Å². The fourth-order valence-electron chi connectivity index (χ4n) is 1.84. The largest absolute Gasteiger partial charge is 0.378 e. The highest BCUT2D eigenvalue weighted by molar-refractivity contribution is 5.51. The van der Waals surface area contributed by atoms with Gasteiger partial charge < -0.3 is 15.4 Å². The van der Waals surface area contributed by atoms with E-state index in [1.54, 1.807) is 0 Å². The number of aromatic nitrogens is 1. The van der Waals surface area contributed by atoms with E-state index in [-0.39, 0.29) is 6.04 Å². The molecule has 4 heteroatoms. The van der Waals surface area contributed by atoms with Gasteiger partial charge in [0.05, 0.1) is 25.1 Å². The zero-order chi connectivity index (χ0) is 10.7. The maximum absolute atomic E-state index is 5.93. The van der Waals surface area contributed by atoms with Crippen molar-refractivity contribution in [2.75, 3.05) is 31.2 Å². The molecule has 2 rings (SSSR count). The first-order chi connectivity index (χ1) is 7.27. The fourth-order valence-corrected chi connectivity index (χ4v) is 1.84. The third-order valence-corrected chi connectivity index (χ3v) is 2.64. The SMILES string of the molecule is Cc1ccncc1N1CCOCC(N)C1. The van der Waals surface area contributed by atoms with Crippen LogP contribution in [-0.4, -0.2) is 37.3 Å². The lowest BCUT2D eigenvalue weighted by atomic mass is 10.2. The standard InChI is InChI=1S/C11H17N3O/c1-9-2-3-13-6-11(9)14-4-5-15-8-10(12)7-14/h2-3,6,10H,4-5,7-8,12H2,1H3.